The Balaban J connectivity index is 1.66. The highest BCUT2D eigenvalue weighted by Gasteiger charge is 2.20. The minimum absolute atomic E-state index is 0.363. The van der Waals surface area contributed by atoms with E-state index in [1.807, 2.05) is 41.1 Å². The first-order valence-electron chi connectivity index (χ1n) is 10.3. The van der Waals surface area contributed by atoms with Crippen LogP contribution in [0.4, 0.5) is 0 Å². The number of rotatable bonds is 6. The van der Waals surface area contributed by atoms with Crippen molar-refractivity contribution in [3.8, 4) is 51.9 Å². The molecule has 0 radical (unpaired) electrons. The zero-order valence-corrected chi connectivity index (χ0v) is 21.5. The summed E-state index contributed by atoms with van der Waals surface area (Å²) in [4.78, 5) is 30.3. The summed E-state index contributed by atoms with van der Waals surface area (Å²) >= 11 is 6.62. The fourth-order valence-electron chi connectivity index (χ4n) is 3.49. The van der Waals surface area contributed by atoms with Gasteiger partial charge < -0.3 is 9.47 Å². The van der Waals surface area contributed by atoms with E-state index in [0.29, 0.717) is 11.5 Å². The molecule has 0 aliphatic rings. The molecule has 0 aliphatic heterocycles. The van der Waals surface area contributed by atoms with Gasteiger partial charge in [0, 0.05) is 60.3 Å². The predicted molar refractivity (Wildman–Crippen MR) is 142 cm³/mol. The topological polar surface area (TPSA) is 52.6 Å². The third-order valence-electron chi connectivity index (χ3n) is 4.86. The van der Waals surface area contributed by atoms with Gasteiger partial charge in [-0.1, -0.05) is 12.1 Å². The van der Waals surface area contributed by atoms with Crippen LogP contribution in [0.2, 0.25) is 0 Å². The van der Waals surface area contributed by atoms with Crippen molar-refractivity contribution in [1.29, 1.82) is 0 Å². The second-order valence-electron chi connectivity index (χ2n) is 7.31. The lowest BCUT2D eigenvalue weighted by atomic mass is 10.1. The van der Waals surface area contributed by atoms with Crippen molar-refractivity contribution in [3.05, 3.63) is 71.4 Å². The molecule has 5 rings (SSSR count). The molecule has 0 N–H and O–H groups in total. The Labute approximate surface area is 212 Å². The molecule has 4 aromatic heterocycles. The van der Waals surface area contributed by atoms with Gasteiger partial charge in [0.1, 0.15) is 11.5 Å². The maximum Gasteiger partial charge on any atom is 0.308 e. The summed E-state index contributed by atoms with van der Waals surface area (Å²) in [7, 11) is 0. The highest BCUT2D eigenvalue weighted by molar-refractivity contribution is 7.24. The van der Waals surface area contributed by atoms with Crippen molar-refractivity contribution in [2.45, 2.75) is 13.8 Å². The van der Waals surface area contributed by atoms with Crippen LogP contribution in [-0.4, -0.2) is 11.9 Å². The first-order chi connectivity index (χ1) is 16.5. The fourth-order valence-corrected chi connectivity index (χ4v) is 7.22. The van der Waals surface area contributed by atoms with Gasteiger partial charge in [-0.05, 0) is 53.2 Å². The monoisotopic (exact) mass is 522 g/mol. The molecule has 0 saturated heterocycles. The van der Waals surface area contributed by atoms with Gasteiger partial charge >= 0.3 is 11.9 Å². The summed E-state index contributed by atoms with van der Waals surface area (Å²) in [5.74, 6) is -0.146. The highest BCUT2D eigenvalue weighted by atomic mass is 32.1. The van der Waals surface area contributed by atoms with E-state index in [1.54, 1.807) is 51.4 Å². The average molecular weight is 523 g/mol. The number of esters is 2. The number of ether oxygens (including phenoxy) is 2. The van der Waals surface area contributed by atoms with E-state index in [4.69, 9.17) is 9.47 Å². The highest BCUT2D eigenvalue weighted by Crippen LogP contribution is 2.47. The summed E-state index contributed by atoms with van der Waals surface area (Å²) in [6, 6.07) is 20.0. The van der Waals surface area contributed by atoms with E-state index >= 15 is 0 Å². The smallest absolute Gasteiger partial charge is 0.308 e. The molecule has 0 fully saturated rings. The van der Waals surface area contributed by atoms with Crippen molar-refractivity contribution in [2.24, 2.45) is 0 Å². The number of thiophene rings is 4. The number of carbonyl (C=O) groups excluding carboxylic acids is 2. The molecule has 0 aliphatic carbocycles. The molecule has 0 unspecified atom stereocenters. The molecule has 4 heterocycles. The fraction of sp³-hybridized carbons (Fsp3) is 0.0769. The van der Waals surface area contributed by atoms with Crippen LogP contribution in [0, 0.1) is 0 Å². The molecule has 0 spiro atoms. The number of carbonyl (C=O) groups is 2. The van der Waals surface area contributed by atoms with Crippen LogP contribution in [0.1, 0.15) is 13.8 Å². The quantitative estimate of drug-likeness (QED) is 0.166. The molecular formula is C26H18O4S4. The largest absolute Gasteiger partial charge is 0.426 e. The Kier molecular flexibility index (Phi) is 6.47. The lowest BCUT2D eigenvalue weighted by Crippen LogP contribution is -2.06. The molecule has 1 aromatic carbocycles. The van der Waals surface area contributed by atoms with Crippen LogP contribution in [0.5, 0.6) is 11.5 Å². The summed E-state index contributed by atoms with van der Waals surface area (Å²) in [6.45, 7) is 2.72. The van der Waals surface area contributed by atoms with E-state index in [0.717, 1.165) is 30.6 Å². The Morgan fingerprint density at radius 1 is 0.588 bits per heavy atom. The van der Waals surface area contributed by atoms with Gasteiger partial charge in [0.15, 0.2) is 0 Å². The standard InChI is InChI=1S/C26H18O4S4/c1-15(27)29-19-14-20(30-16(2)28)18(22-8-10-26(34-22)24-6-4-12-32-24)13-17(19)21-7-9-25(33-21)23-5-3-11-31-23/h3-14H,1-2H3. The second kappa shape index (κ2) is 9.68. The van der Waals surface area contributed by atoms with Crippen LogP contribution in [0.15, 0.2) is 71.4 Å². The van der Waals surface area contributed by atoms with Crippen molar-refractivity contribution >= 4 is 57.3 Å². The van der Waals surface area contributed by atoms with E-state index < -0.39 is 11.9 Å². The number of hydrogen-bond donors (Lipinski definition) is 0. The van der Waals surface area contributed by atoms with Gasteiger partial charge in [-0.3, -0.25) is 9.59 Å². The number of benzene rings is 1. The van der Waals surface area contributed by atoms with Crippen LogP contribution >= 0.6 is 45.3 Å². The molecule has 0 saturated carbocycles. The van der Waals surface area contributed by atoms with E-state index in [2.05, 4.69) is 24.3 Å². The van der Waals surface area contributed by atoms with Crippen molar-refractivity contribution < 1.29 is 19.1 Å². The van der Waals surface area contributed by atoms with Gasteiger partial charge in [-0.2, -0.15) is 0 Å². The van der Waals surface area contributed by atoms with Crippen LogP contribution in [-0.2, 0) is 9.59 Å². The molecule has 0 atom stereocenters. The van der Waals surface area contributed by atoms with E-state index in [1.165, 1.54) is 23.6 Å². The van der Waals surface area contributed by atoms with Gasteiger partial charge in [0.25, 0.3) is 0 Å². The Hall–Kier alpha value is -3.04. The van der Waals surface area contributed by atoms with Gasteiger partial charge in [-0.15, -0.1) is 45.3 Å². The Morgan fingerprint density at radius 3 is 1.41 bits per heavy atom. The Morgan fingerprint density at radius 2 is 1.03 bits per heavy atom. The summed E-state index contributed by atoms with van der Waals surface area (Å²) in [5, 5.41) is 4.10. The third-order valence-corrected chi connectivity index (χ3v) is 9.23. The average Bonchev–Trinajstić information content (AvgIpc) is 3.60. The minimum atomic E-state index is -0.436. The summed E-state index contributed by atoms with van der Waals surface area (Å²) < 4.78 is 11.1. The maximum atomic E-state index is 11.9. The van der Waals surface area contributed by atoms with Gasteiger partial charge in [0.2, 0.25) is 0 Å². The van der Waals surface area contributed by atoms with Gasteiger partial charge in [0.05, 0.1) is 0 Å². The predicted octanol–water partition coefficient (Wildman–Crippen LogP) is 8.45. The zero-order chi connectivity index (χ0) is 23.7. The lowest BCUT2D eigenvalue weighted by molar-refractivity contribution is -0.132. The van der Waals surface area contributed by atoms with Crippen molar-refractivity contribution in [1.82, 2.24) is 0 Å². The summed E-state index contributed by atoms with van der Waals surface area (Å²) in [6.07, 6.45) is 0. The van der Waals surface area contributed by atoms with E-state index in [9.17, 15) is 9.59 Å². The molecule has 0 amide bonds. The molecule has 34 heavy (non-hydrogen) atoms. The van der Waals surface area contributed by atoms with Crippen LogP contribution in [0.3, 0.4) is 0 Å². The first-order valence-corrected chi connectivity index (χ1v) is 13.7. The first kappa shape index (κ1) is 22.7. The third kappa shape index (κ3) is 4.76. The molecule has 4 nitrogen and oxygen atoms in total. The van der Waals surface area contributed by atoms with Crippen molar-refractivity contribution in [3.63, 3.8) is 0 Å². The lowest BCUT2D eigenvalue weighted by Gasteiger charge is -2.14. The maximum absolute atomic E-state index is 11.9. The van der Waals surface area contributed by atoms with Crippen molar-refractivity contribution in [2.75, 3.05) is 0 Å². The normalized spacial score (nSPS) is 10.9. The van der Waals surface area contributed by atoms with Crippen LogP contribution in [0.25, 0.3) is 40.4 Å². The summed E-state index contributed by atoms with van der Waals surface area (Å²) in [5.41, 5.74) is 1.56. The molecule has 0 bridgehead atoms. The Bertz CT molecular complexity index is 1350. The molecule has 170 valence electrons. The molecule has 5 aromatic rings. The van der Waals surface area contributed by atoms with Gasteiger partial charge in [-0.25, -0.2) is 0 Å². The van der Waals surface area contributed by atoms with E-state index in [-0.39, 0.29) is 0 Å². The number of hydrogen-bond acceptors (Lipinski definition) is 8. The zero-order valence-electron chi connectivity index (χ0n) is 18.2. The minimum Gasteiger partial charge on any atom is -0.426 e. The second-order valence-corrected chi connectivity index (χ2v) is 11.4. The molecule has 8 heteroatoms. The van der Waals surface area contributed by atoms with Crippen LogP contribution < -0.4 is 9.47 Å². The molecular weight excluding hydrogens is 505 g/mol. The SMILES string of the molecule is CC(=O)Oc1cc(OC(C)=O)c(-c2ccc(-c3cccs3)s2)cc1-c1ccc(-c2cccs2)s1.